The van der Waals surface area contributed by atoms with Crippen molar-refractivity contribution in [1.29, 1.82) is 0 Å². The normalized spacial score (nSPS) is 13.9. The summed E-state index contributed by atoms with van der Waals surface area (Å²) in [4.78, 5) is 51.0. The lowest BCUT2D eigenvalue weighted by atomic mass is 10.0. The number of amides is 3. The molecule has 0 saturated carbocycles. The Bertz CT molecular complexity index is 1090. The molecule has 0 spiro atoms. The van der Waals surface area contributed by atoms with Crippen LogP contribution in [0.1, 0.15) is 30.4 Å². The van der Waals surface area contributed by atoms with E-state index in [-0.39, 0.29) is 30.8 Å². The molecule has 0 aliphatic heterocycles. The van der Waals surface area contributed by atoms with Crippen LogP contribution in [-0.2, 0) is 32.0 Å². The molecule has 4 unspecified atom stereocenters. The lowest BCUT2D eigenvalue weighted by molar-refractivity contribution is -0.142. The summed E-state index contributed by atoms with van der Waals surface area (Å²) in [6.45, 7) is 0.394. The summed E-state index contributed by atoms with van der Waals surface area (Å²) in [5.74, 6) is -3.03. The highest BCUT2D eigenvalue weighted by Crippen LogP contribution is 2.13. The standard InChI is InChI=1S/C27H37N5O6S/c28-13-5-4-8-21(27(37)38)30-25(35)23(15-18-9-11-19(33)12-10-18)32-26(36)22(31-24(34)20(29)16-39)14-17-6-2-1-3-7-17/h1-3,6-7,9-12,20-23,33,39H,4-5,8,13-16,28-29H2,(H,30,35)(H,31,34)(H,32,36)(H,37,38). The number of rotatable bonds is 16. The number of aliphatic carboxylic acids is 1. The molecular weight excluding hydrogens is 522 g/mol. The van der Waals surface area contributed by atoms with Crippen molar-refractivity contribution in [1.82, 2.24) is 16.0 Å². The highest BCUT2D eigenvalue weighted by molar-refractivity contribution is 7.80. The molecule has 0 heterocycles. The lowest BCUT2D eigenvalue weighted by Gasteiger charge is -2.25. The number of carbonyl (C=O) groups is 4. The number of carboxylic acid groups (broad SMARTS) is 1. The van der Waals surface area contributed by atoms with Crippen LogP contribution in [0.15, 0.2) is 54.6 Å². The van der Waals surface area contributed by atoms with Gasteiger partial charge in [0.05, 0.1) is 6.04 Å². The topological polar surface area (TPSA) is 197 Å². The second-order valence-corrected chi connectivity index (χ2v) is 9.52. The number of hydrogen-bond acceptors (Lipinski definition) is 8. The Morgan fingerprint density at radius 2 is 1.28 bits per heavy atom. The molecule has 0 radical (unpaired) electrons. The maximum atomic E-state index is 13.4. The fourth-order valence-electron chi connectivity index (χ4n) is 3.79. The van der Waals surface area contributed by atoms with E-state index in [2.05, 4.69) is 28.6 Å². The van der Waals surface area contributed by atoms with E-state index in [1.165, 1.54) is 12.1 Å². The smallest absolute Gasteiger partial charge is 0.326 e. The molecule has 0 aromatic heterocycles. The number of unbranched alkanes of at least 4 members (excludes halogenated alkanes) is 1. The zero-order valence-corrected chi connectivity index (χ0v) is 22.5. The van der Waals surface area contributed by atoms with E-state index in [1.54, 1.807) is 36.4 Å². The highest BCUT2D eigenvalue weighted by Gasteiger charge is 2.30. The van der Waals surface area contributed by atoms with Crippen LogP contribution in [0.25, 0.3) is 0 Å². The maximum Gasteiger partial charge on any atom is 0.326 e. The van der Waals surface area contributed by atoms with Gasteiger partial charge in [-0.1, -0.05) is 42.5 Å². The molecule has 9 N–H and O–H groups in total. The third kappa shape index (κ3) is 11.0. The van der Waals surface area contributed by atoms with Gasteiger partial charge < -0.3 is 37.6 Å². The van der Waals surface area contributed by atoms with E-state index in [1.807, 2.05) is 6.07 Å². The van der Waals surface area contributed by atoms with Gasteiger partial charge in [0.1, 0.15) is 23.9 Å². The molecule has 3 amide bonds. The second kappa shape index (κ2) is 16.4. The number of carboxylic acids is 1. The van der Waals surface area contributed by atoms with Gasteiger partial charge in [0, 0.05) is 18.6 Å². The zero-order chi connectivity index (χ0) is 28.8. The number of hydrogen-bond donors (Lipinski definition) is 8. The van der Waals surface area contributed by atoms with Gasteiger partial charge >= 0.3 is 5.97 Å². The molecule has 2 aromatic carbocycles. The third-order valence-electron chi connectivity index (χ3n) is 6.02. The predicted molar refractivity (Wildman–Crippen MR) is 150 cm³/mol. The van der Waals surface area contributed by atoms with Crippen LogP contribution >= 0.6 is 12.6 Å². The van der Waals surface area contributed by atoms with Gasteiger partial charge in [-0.25, -0.2) is 4.79 Å². The monoisotopic (exact) mass is 559 g/mol. The molecule has 0 aliphatic carbocycles. The number of aromatic hydroxyl groups is 1. The fourth-order valence-corrected chi connectivity index (χ4v) is 3.96. The molecule has 0 saturated heterocycles. The Morgan fingerprint density at radius 3 is 1.79 bits per heavy atom. The van der Waals surface area contributed by atoms with Crippen LogP contribution in [0.4, 0.5) is 0 Å². The van der Waals surface area contributed by atoms with E-state index in [9.17, 15) is 29.4 Å². The number of benzene rings is 2. The molecule has 2 aromatic rings. The summed E-state index contributed by atoms with van der Waals surface area (Å²) < 4.78 is 0. The Kier molecular flexibility index (Phi) is 13.3. The van der Waals surface area contributed by atoms with E-state index in [0.717, 1.165) is 5.56 Å². The minimum atomic E-state index is -1.20. The Morgan fingerprint density at radius 1 is 0.769 bits per heavy atom. The quantitative estimate of drug-likeness (QED) is 0.105. The van der Waals surface area contributed by atoms with Crippen LogP contribution in [0.3, 0.4) is 0 Å². The van der Waals surface area contributed by atoms with Gasteiger partial charge in [0.2, 0.25) is 17.7 Å². The maximum absolute atomic E-state index is 13.4. The van der Waals surface area contributed by atoms with E-state index in [4.69, 9.17) is 11.5 Å². The molecule has 39 heavy (non-hydrogen) atoms. The van der Waals surface area contributed by atoms with E-state index < -0.39 is 47.9 Å². The largest absolute Gasteiger partial charge is 0.508 e. The van der Waals surface area contributed by atoms with E-state index in [0.29, 0.717) is 24.9 Å². The van der Waals surface area contributed by atoms with Crippen molar-refractivity contribution in [3.63, 3.8) is 0 Å². The minimum absolute atomic E-state index is 0.00908. The molecule has 2 rings (SSSR count). The summed E-state index contributed by atoms with van der Waals surface area (Å²) in [5, 5.41) is 27.0. The van der Waals surface area contributed by atoms with Gasteiger partial charge in [0.15, 0.2) is 0 Å². The molecule has 12 heteroatoms. The molecule has 11 nitrogen and oxygen atoms in total. The van der Waals surface area contributed by atoms with Crippen molar-refractivity contribution in [2.45, 2.75) is 56.3 Å². The van der Waals surface area contributed by atoms with Gasteiger partial charge in [-0.05, 0) is 49.1 Å². The second-order valence-electron chi connectivity index (χ2n) is 9.16. The summed E-state index contributed by atoms with van der Waals surface area (Å²) in [5.41, 5.74) is 12.7. The van der Waals surface area contributed by atoms with Crippen LogP contribution in [0.5, 0.6) is 5.75 Å². The van der Waals surface area contributed by atoms with Crippen LogP contribution < -0.4 is 27.4 Å². The minimum Gasteiger partial charge on any atom is -0.508 e. The number of phenolic OH excluding ortho intramolecular Hbond substituents is 1. The summed E-state index contributed by atoms with van der Waals surface area (Å²) >= 11 is 4.04. The van der Waals surface area contributed by atoms with Gasteiger partial charge in [-0.2, -0.15) is 12.6 Å². The molecular formula is C27H37N5O6S. The average molecular weight is 560 g/mol. The Labute approximate surface area is 233 Å². The van der Waals surface area contributed by atoms with Crippen molar-refractivity contribution in [3.05, 3.63) is 65.7 Å². The lowest BCUT2D eigenvalue weighted by Crippen LogP contribution is -2.58. The van der Waals surface area contributed by atoms with Crippen molar-refractivity contribution in [2.24, 2.45) is 11.5 Å². The van der Waals surface area contributed by atoms with E-state index >= 15 is 0 Å². The third-order valence-corrected chi connectivity index (χ3v) is 6.41. The molecule has 4 atom stereocenters. The van der Waals surface area contributed by atoms with Crippen molar-refractivity contribution >= 4 is 36.3 Å². The summed E-state index contributed by atoms with van der Waals surface area (Å²) in [6.07, 6.45) is 1.41. The number of thiol groups is 1. The first-order valence-corrected chi connectivity index (χ1v) is 13.3. The van der Waals surface area contributed by atoms with Crippen molar-refractivity contribution < 1.29 is 29.4 Å². The highest BCUT2D eigenvalue weighted by atomic mass is 32.1. The first-order valence-electron chi connectivity index (χ1n) is 12.7. The number of phenols is 1. The molecule has 0 fully saturated rings. The molecule has 212 valence electrons. The first-order chi connectivity index (χ1) is 18.6. The predicted octanol–water partition coefficient (Wildman–Crippen LogP) is 0.103. The Hall–Kier alpha value is -3.61. The summed E-state index contributed by atoms with van der Waals surface area (Å²) in [7, 11) is 0. The number of nitrogens with one attached hydrogen (secondary N) is 3. The average Bonchev–Trinajstić information content (AvgIpc) is 2.92. The fraction of sp³-hybridized carbons (Fsp3) is 0.407. The Balaban J connectivity index is 2.29. The zero-order valence-electron chi connectivity index (χ0n) is 21.6. The molecule has 0 bridgehead atoms. The van der Waals surface area contributed by atoms with Crippen LogP contribution in [0.2, 0.25) is 0 Å². The van der Waals surface area contributed by atoms with Crippen LogP contribution in [-0.4, -0.2) is 70.4 Å². The SMILES string of the molecule is NCCCCC(NC(=O)C(Cc1ccc(O)cc1)NC(=O)C(Cc1ccccc1)NC(=O)C(N)CS)C(=O)O. The summed E-state index contributed by atoms with van der Waals surface area (Å²) in [6, 6.07) is 10.7. The number of nitrogens with two attached hydrogens (primary N) is 2. The first kappa shape index (κ1) is 31.6. The van der Waals surface area contributed by atoms with Gasteiger partial charge in [-0.15, -0.1) is 0 Å². The van der Waals surface area contributed by atoms with Gasteiger partial charge in [-0.3, -0.25) is 14.4 Å². The number of carbonyl (C=O) groups excluding carboxylic acids is 3. The van der Waals surface area contributed by atoms with Crippen molar-refractivity contribution in [3.8, 4) is 5.75 Å². The molecule has 0 aliphatic rings. The van der Waals surface area contributed by atoms with Gasteiger partial charge in [0.25, 0.3) is 0 Å². The van der Waals surface area contributed by atoms with Crippen molar-refractivity contribution in [2.75, 3.05) is 12.3 Å². The van der Waals surface area contributed by atoms with Crippen LogP contribution in [0, 0.1) is 0 Å².